The highest BCUT2D eigenvalue weighted by molar-refractivity contribution is 5.78. The van der Waals surface area contributed by atoms with Gasteiger partial charge in [-0.05, 0) is 25.1 Å². The molecule has 3 nitrogen and oxygen atoms in total. The van der Waals surface area contributed by atoms with E-state index in [0.717, 1.165) is 16.9 Å². The first-order valence-corrected chi connectivity index (χ1v) is 5.68. The van der Waals surface area contributed by atoms with E-state index in [-0.39, 0.29) is 5.75 Å². The molecule has 0 spiro atoms. The molecule has 0 saturated carbocycles. The van der Waals surface area contributed by atoms with Crippen LogP contribution in [0.5, 0.6) is 17.2 Å². The predicted octanol–water partition coefficient (Wildman–Crippen LogP) is 3.38. The number of aryl methyl sites for hydroxylation is 1. The zero-order chi connectivity index (χ0) is 13.1. The van der Waals surface area contributed by atoms with Gasteiger partial charge >= 0.3 is 0 Å². The van der Waals surface area contributed by atoms with E-state index in [1.807, 2.05) is 37.3 Å². The van der Waals surface area contributed by atoms with E-state index in [4.69, 9.17) is 9.47 Å². The minimum absolute atomic E-state index is 0.129. The molecule has 2 rings (SSSR count). The molecule has 2 aromatic carbocycles. The lowest BCUT2D eigenvalue weighted by molar-refractivity contribution is 0.374. The van der Waals surface area contributed by atoms with Crippen LogP contribution in [0.4, 0.5) is 0 Å². The maximum absolute atomic E-state index is 10.2. The summed E-state index contributed by atoms with van der Waals surface area (Å²) >= 11 is 0. The molecule has 3 heteroatoms. The van der Waals surface area contributed by atoms with Crippen LogP contribution in [0.15, 0.2) is 36.4 Å². The van der Waals surface area contributed by atoms with Crippen molar-refractivity contribution in [3.63, 3.8) is 0 Å². The normalized spacial score (nSPS) is 10.2. The van der Waals surface area contributed by atoms with E-state index in [9.17, 15) is 5.11 Å². The molecule has 0 aromatic heterocycles. The summed E-state index contributed by atoms with van der Waals surface area (Å²) in [4.78, 5) is 0. The summed E-state index contributed by atoms with van der Waals surface area (Å²) in [7, 11) is 3.15. The zero-order valence-electron chi connectivity index (χ0n) is 10.7. The summed E-state index contributed by atoms with van der Waals surface area (Å²) in [5.41, 5.74) is 2.66. The van der Waals surface area contributed by atoms with Gasteiger partial charge in [-0.15, -0.1) is 0 Å². The van der Waals surface area contributed by atoms with Gasteiger partial charge in [-0.25, -0.2) is 0 Å². The number of para-hydroxylation sites is 1. The summed E-state index contributed by atoms with van der Waals surface area (Å²) < 4.78 is 10.5. The van der Waals surface area contributed by atoms with Crippen LogP contribution in [0, 0.1) is 6.92 Å². The first kappa shape index (κ1) is 12.3. The van der Waals surface area contributed by atoms with Crippen molar-refractivity contribution in [1.29, 1.82) is 0 Å². The molecule has 0 fully saturated rings. The molecule has 0 aliphatic carbocycles. The molecular formula is C15H16O3. The lowest BCUT2D eigenvalue weighted by atomic mass is 10.0. The molecule has 18 heavy (non-hydrogen) atoms. The second kappa shape index (κ2) is 5.00. The quantitative estimate of drug-likeness (QED) is 0.899. The number of phenols is 1. The molecule has 0 unspecified atom stereocenters. The standard InChI is InChI=1S/C15H16O3/c1-10-7-8-13(17-2)12(9-10)11-5-4-6-14(18-3)15(11)16/h4-9,16H,1-3H3. The minimum Gasteiger partial charge on any atom is -0.504 e. The van der Waals surface area contributed by atoms with E-state index < -0.39 is 0 Å². The first-order chi connectivity index (χ1) is 8.67. The van der Waals surface area contributed by atoms with Crippen molar-refractivity contribution < 1.29 is 14.6 Å². The van der Waals surface area contributed by atoms with Crippen LogP contribution in [0.1, 0.15) is 5.56 Å². The highest BCUT2D eigenvalue weighted by atomic mass is 16.5. The number of methoxy groups -OCH3 is 2. The van der Waals surface area contributed by atoms with Crippen molar-refractivity contribution in [2.24, 2.45) is 0 Å². The van der Waals surface area contributed by atoms with E-state index in [0.29, 0.717) is 11.3 Å². The van der Waals surface area contributed by atoms with Gasteiger partial charge in [0.25, 0.3) is 0 Å². The Morgan fingerprint density at radius 3 is 2.28 bits per heavy atom. The van der Waals surface area contributed by atoms with Gasteiger partial charge in [0.15, 0.2) is 11.5 Å². The Bertz CT molecular complexity index is 562. The van der Waals surface area contributed by atoms with Crippen LogP contribution < -0.4 is 9.47 Å². The molecule has 0 heterocycles. The molecule has 94 valence electrons. The van der Waals surface area contributed by atoms with Crippen molar-refractivity contribution in [2.75, 3.05) is 14.2 Å². The van der Waals surface area contributed by atoms with E-state index in [1.165, 1.54) is 7.11 Å². The van der Waals surface area contributed by atoms with Gasteiger partial charge in [-0.3, -0.25) is 0 Å². The third kappa shape index (κ3) is 2.12. The van der Waals surface area contributed by atoms with Gasteiger partial charge in [0.1, 0.15) is 5.75 Å². The lowest BCUT2D eigenvalue weighted by Crippen LogP contribution is -1.91. The molecule has 2 aromatic rings. The molecular weight excluding hydrogens is 228 g/mol. The second-order valence-corrected chi connectivity index (χ2v) is 4.06. The van der Waals surface area contributed by atoms with Crippen LogP contribution in [0.3, 0.4) is 0 Å². The van der Waals surface area contributed by atoms with Crippen LogP contribution >= 0.6 is 0 Å². The fourth-order valence-electron chi connectivity index (χ4n) is 1.94. The molecule has 0 atom stereocenters. The van der Waals surface area contributed by atoms with Crippen LogP contribution in [0.2, 0.25) is 0 Å². The largest absolute Gasteiger partial charge is 0.504 e. The average Bonchev–Trinajstić information content (AvgIpc) is 2.39. The Morgan fingerprint density at radius 2 is 1.61 bits per heavy atom. The Labute approximate surface area is 107 Å². The third-order valence-electron chi connectivity index (χ3n) is 2.86. The maximum Gasteiger partial charge on any atom is 0.165 e. The number of aromatic hydroxyl groups is 1. The average molecular weight is 244 g/mol. The van der Waals surface area contributed by atoms with Gasteiger partial charge in [0.05, 0.1) is 14.2 Å². The number of phenolic OH excluding ortho intramolecular Hbond substituents is 1. The van der Waals surface area contributed by atoms with Gasteiger partial charge < -0.3 is 14.6 Å². The molecule has 0 radical (unpaired) electrons. The summed E-state index contributed by atoms with van der Waals surface area (Å²) in [5.74, 6) is 1.31. The monoisotopic (exact) mass is 244 g/mol. The summed E-state index contributed by atoms with van der Waals surface area (Å²) in [6.07, 6.45) is 0. The van der Waals surface area contributed by atoms with Crippen molar-refractivity contribution >= 4 is 0 Å². The van der Waals surface area contributed by atoms with Gasteiger partial charge in [0.2, 0.25) is 0 Å². The molecule has 0 aliphatic rings. The Kier molecular flexibility index (Phi) is 3.42. The minimum atomic E-state index is 0.129. The zero-order valence-corrected chi connectivity index (χ0v) is 10.7. The molecule has 0 saturated heterocycles. The summed E-state index contributed by atoms with van der Waals surface area (Å²) in [5, 5.41) is 10.2. The topological polar surface area (TPSA) is 38.7 Å². The van der Waals surface area contributed by atoms with Crippen LogP contribution in [0.25, 0.3) is 11.1 Å². The Hall–Kier alpha value is -2.16. The van der Waals surface area contributed by atoms with E-state index >= 15 is 0 Å². The van der Waals surface area contributed by atoms with Gasteiger partial charge in [-0.2, -0.15) is 0 Å². The Balaban J connectivity index is 2.64. The summed E-state index contributed by atoms with van der Waals surface area (Å²) in [6, 6.07) is 11.3. The number of hydrogen-bond acceptors (Lipinski definition) is 3. The van der Waals surface area contributed by atoms with Gasteiger partial charge in [-0.1, -0.05) is 23.8 Å². The van der Waals surface area contributed by atoms with Crippen molar-refractivity contribution in [3.8, 4) is 28.4 Å². The lowest BCUT2D eigenvalue weighted by Gasteiger charge is -2.13. The van der Waals surface area contributed by atoms with Crippen molar-refractivity contribution in [3.05, 3.63) is 42.0 Å². The Morgan fingerprint density at radius 1 is 0.889 bits per heavy atom. The number of ether oxygens (including phenoxy) is 2. The number of benzene rings is 2. The van der Waals surface area contributed by atoms with Crippen LogP contribution in [-0.2, 0) is 0 Å². The van der Waals surface area contributed by atoms with E-state index in [1.54, 1.807) is 13.2 Å². The van der Waals surface area contributed by atoms with Gasteiger partial charge in [0, 0.05) is 11.1 Å². The molecule has 0 amide bonds. The highest BCUT2D eigenvalue weighted by Gasteiger charge is 2.13. The van der Waals surface area contributed by atoms with Crippen LogP contribution in [-0.4, -0.2) is 19.3 Å². The fraction of sp³-hybridized carbons (Fsp3) is 0.200. The highest BCUT2D eigenvalue weighted by Crippen LogP contribution is 2.40. The first-order valence-electron chi connectivity index (χ1n) is 5.68. The number of hydrogen-bond donors (Lipinski definition) is 1. The second-order valence-electron chi connectivity index (χ2n) is 4.06. The van der Waals surface area contributed by atoms with E-state index in [2.05, 4.69) is 0 Å². The number of rotatable bonds is 3. The summed E-state index contributed by atoms with van der Waals surface area (Å²) in [6.45, 7) is 2.00. The molecule has 0 bridgehead atoms. The molecule has 0 aliphatic heterocycles. The van der Waals surface area contributed by atoms with Crippen molar-refractivity contribution in [2.45, 2.75) is 6.92 Å². The third-order valence-corrected chi connectivity index (χ3v) is 2.86. The fourth-order valence-corrected chi connectivity index (χ4v) is 1.94. The maximum atomic E-state index is 10.2. The molecule has 1 N–H and O–H groups in total. The SMILES string of the molecule is COc1ccc(C)cc1-c1cccc(OC)c1O. The predicted molar refractivity (Wildman–Crippen MR) is 71.4 cm³/mol. The smallest absolute Gasteiger partial charge is 0.165 e. The van der Waals surface area contributed by atoms with Crippen molar-refractivity contribution in [1.82, 2.24) is 0 Å².